The van der Waals surface area contributed by atoms with E-state index in [-0.39, 0.29) is 0 Å². The fourth-order valence-electron chi connectivity index (χ4n) is 2.54. The molecule has 0 saturated carbocycles. The minimum atomic E-state index is 0.294. The summed E-state index contributed by atoms with van der Waals surface area (Å²) < 4.78 is 3.10. The molecule has 0 bridgehead atoms. The highest BCUT2D eigenvalue weighted by Gasteiger charge is 2.22. The molecule has 0 aliphatic carbocycles. The second-order valence-corrected chi connectivity index (χ2v) is 6.44. The number of hydrogen-bond acceptors (Lipinski definition) is 3. The molecule has 0 spiro atoms. The molecule has 1 aliphatic heterocycles. The summed E-state index contributed by atoms with van der Waals surface area (Å²) in [6.07, 6.45) is 6.35. The molecule has 3 heterocycles. The van der Waals surface area contributed by atoms with E-state index in [0.29, 0.717) is 12.1 Å². The fraction of sp³-hybridized carbons (Fsp3) is 0.462. The average molecular weight is 282 g/mol. The first kappa shape index (κ1) is 12.2. The second kappa shape index (κ2) is 5.03. The van der Waals surface area contributed by atoms with Gasteiger partial charge in [-0.25, -0.2) is 4.98 Å². The molecule has 18 heavy (non-hydrogen) atoms. The molecular formula is C13H16ClN3S. The van der Waals surface area contributed by atoms with Crippen molar-refractivity contribution in [3.05, 3.63) is 39.6 Å². The van der Waals surface area contributed by atoms with Crippen molar-refractivity contribution in [3.63, 3.8) is 0 Å². The third-order valence-electron chi connectivity index (χ3n) is 3.54. The van der Waals surface area contributed by atoms with Gasteiger partial charge in [0, 0.05) is 17.1 Å². The van der Waals surface area contributed by atoms with Crippen molar-refractivity contribution in [3.8, 4) is 0 Å². The SMILES string of the molecule is CC(c1ccc(Cl)s1)n1cncc1C1CCCN1. The van der Waals surface area contributed by atoms with Crippen LogP contribution >= 0.6 is 22.9 Å². The van der Waals surface area contributed by atoms with E-state index in [1.54, 1.807) is 11.3 Å². The molecule has 0 aromatic carbocycles. The molecule has 1 N–H and O–H groups in total. The van der Waals surface area contributed by atoms with Crippen molar-refractivity contribution in [2.24, 2.45) is 0 Å². The number of halogens is 1. The minimum Gasteiger partial charge on any atom is -0.325 e. The number of nitrogens with zero attached hydrogens (tertiary/aromatic N) is 2. The fourth-order valence-corrected chi connectivity index (χ4v) is 3.65. The van der Waals surface area contributed by atoms with Crippen LogP contribution in [0.3, 0.4) is 0 Å². The Morgan fingerprint density at radius 3 is 3.11 bits per heavy atom. The summed E-state index contributed by atoms with van der Waals surface area (Å²) in [6, 6.07) is 4.80. The molecule has 3 nitrogen and oxygen atoms in total. The van der Waals surface area contributed by atoms with Gasteiger partial charge in [-0.15, -0.1) is 11.3 Å². The maximum atomic E-state index is 6.01. The largest absolute Gasteiger partial charge is 0.325 e. The van der Waals surface area contributed by atoms with E-state index < -0.39 is 0 Å². The number of rotatable bonds is 3. The van der Waals surface area contributed by atoms with E-state index in [9.17, 15) is 0 Å². The monoisotopic (exact) mass is 281 g/mol. The lowest BCUT2D eigenvalue weighted by Gasteiger charge is -2.19. The highest BCUT2D eigenvalue weighted by atomic mass is 35.5. The Balaban J connectivity index is 1.89. The molecule has 0 amide bonds. The Hall–Kier alpha value is -0.840. The maximum Gasteiger partial charge on any atom is 0.0954 e. The summed E-state index contributed by atoms with van der Waals surface area (Å²) in [4.78, 5) is 5.59. The summed E-state index contributed by atoms with van der Waals surface area (Å²) in [5, 5.41) is 3.53. The Morgan fingerprint density at radius 1 is 1.56 bits per heavy atom. The first-order chi connectivity index (χ1) is 8.75. The van der Waals surface area contributed by atoms with Crippen LogP contribution in [0.4, 0.5) is 0 Å². The third-order valence-corrected chi connectivity index (χ3v) is 4.94. The number of aromatic nitrogens is 2. The molecule has 1 aliphatic rings. The van der Waals surface area contributed by atoms with Crippen molar-refractivity contribution in [1.29, 1.82) is 0 Å². The van der Waals surface area contributed by atoms with Crippen LogP contribution in [-0.4, -0.2) is 16.1 Å². The van der Waals surface area contributed by atoms with E-state index in [0.717, 1.165) is 10.9 Å². The molecule has 96 valence electrons. The quantitative estimate of drug-likeness (QED) is 0.931. The molecule has 5 heteroatoms. The van der Waals surface area contributed by atoms with E-state index in [4.69, 9.17) is 11.6 Å². The molecule has 2 atom stereocenters. The van der Waals surface area contributed by atoms with Gasteiger partial charge in [0.15, 0.2) is 0 Å². The van der Waals surface area contributed by atoms with E-state index >= 15 is 0 Å². The van der Waals surface area contributed by atoms with E-state index in [1.807, 2.05) is 18.6 Å². The predicted octanol–water partition coefficient (Wildman–Crippen LogP) is 3.63. The van der Waals surface area contributed by atoms with Gasteiger partial charge in [0.25, 0.3) is 0 Å². The zero-order valence-corrected chi connectivity index (χ0v) is 11.8. The van der Waals surface area contributed by atoms with Crippen LogP contribution in [0.15, 0.2) is 24.7 Å². The van der Waals surface area contributed by atoms with Crippen LogP contribution in [0.25, 0.3) is 0 Å². The van der Waals surface area contributed by atoms with Crippen molar-refractivity contribution < 1.29 is 0 Å². The van der Waals surface area contributed by atoms with Crippen LogP contribution in [0.1, 0.15) is 42.4 Å². The Morgan fingerprint density at radius 2 is 2.44 bits per heavy atom. The van der Waals surface area contributed by atoms with Gasteiger partial charge >= 0.3 is 0 Å². The number of imidazole rings is 1. The Labute approximate surface area is 116 Å². The van der Waals surface area contributed by atoms with Crippen molar-refractivity contribution in [2.45, 2.75) is 31.8 Å². The molecule has 1 fully saturated rings. The number of hydrogen-bond donors (Lipinski definition) is 1. The Kier molecular flexibility index (Phi) is 3.41. The van der Waals surface area contributed by atoms with Gasteiger partial charge in [-0.3, -0.25) is 0 Å². The van der Waals surface area contributed by atoms with Gasteiger partial charge in [-0.05, 0) is 38.4 Å². The van der Waals surface area contributed by atoms with Crippen LogP contribution < -0.4 is 5.32 Å². The minimum absolute atomic E-state index is 0.294. The summed E-state index contributed by atoms with van der Waals surface area (Å²) >= 11 is 7.66. The van der Waals surface area contributed by atoms with Gasteiger partial charge in [0.05, 0.1) is 22.4 Å². The summed E-state index contributed by atoms with van der Waals surface area (Å²) in [6.45, 7) is 3.30. The lowest BCUT2D eigenvalue weighted by molar-refractivity contribution is 0.543. The van der Waals surface area contributed by atoms with Crippen LogP contribution in [0, 0.1) is 0 Å². The second-order valence-electron chi connectivity index (χ2n) is 4.69. The summed E-state index contributed by atoms with van der Waals surface area (Å²) in [5.41, 5.74) is 1.28. The lowest BCUT2D eigenvalue weighted by Crippen LogP contribution is -2.18. The molecule has 2 aromatic rings. The molecular weight excluding hydrogens is 266 g/mol. The van der Waals surface area contributed by atoms with Crippen molar-refractivity contribution in [2.75, 3.05) is 6.54 Å². The normalized spacial score (nSPS) is 21.3. The highest BCUT2D eigenvalue weighted by Crippen LogP contribution is 2.32. The maximum absolute atomic E-state index is 6.01. The molecule has 3 rings (SSSR count). The average Bonchev–Trinajstić information content (AvgIpc) is 3.08. The van der Waals surface area contributed by atoms with Crippen LogP contribution in [0.5, 0.6) is 0 Å². The molecule has 2 unspecified atom stereocenters. The van der Waals surface area contributed by atoms with Crippen molar-refractivity contribution >= 4 is 22.9 Å². The number of nitrogens with one attached hydrogen (secondary N) is 1. The lowest BCUT2D eigenvalue weighted by atomic mass is 10.1. The molecule has 0 radical (unpaired) electrons. The first-order valence-corrected chi connectivity index (χ1v) is 7.45. The van der Waals surface area contributed by atoms with E-state index in [2.05, 4.69) is 27.9 Å². The molecule has 2 aromatic heterocycles. The standard InChI is InChI=1S/C13H16ClN3S/c1-9(12-4-5-13(14)18-12)17-8-15-7-11(17)10-3-2-6-16-10/h4-5,7-10,16H,2-3,6H2,1H3. The van der Waals surface area contributed by atoms with Crippen LogP contribution in [0.2, 0.25) is 4.34 Å². The van der Waals surface area contributed by atoms with E-state index in [1.165, 1.54) is 23.4 Å². The smallest absolute Gasteiger partial charge is 0.0954 e. The zero-order chi connectivity index (χ0) is 12.5. The van der Waals surface area contributed by atoms with Gasteiger partial charge in [-0.2, -0.15) is 0 Å². The van der Waals surface area contributed by atoms with Gasteiger partial charge < -0.3 is 9.88 Å². The number of thiophene rings is 1. The predicted molar refractivity (Wildman–Crippen MR) is 75.3 cm³/mol. The van der Waals surface area contributed by atoms with Gasteiger partial charge in [-0.1, -0.05) is 11.6 Å². The summed E-state index contributed by atoms with van der Waals surface area (Å²) in [7, 11) is 0. The van der Waals surface area contributed by atoms with Gasteiger partial charge in [0.2, 0.25) is 0 Å². The summed E-state index contributed by atoms with van der Waals surface area (Å²) in [5.74, 6) is 0. The first-order valence-electron chi connectivity index (χ1n) is 6.26. The third kappa shape index (κ3) is 2.20. The van der Waals surface area contributed by atoms with Crippen LogP contribution in [-0.2, 0) is 0 Å². The van der Waals surface area contributed by atoms with Crippen molar-refractivity contribution in [1.82, 2.24) is 14.9 Å². The zero-order valence-electron chi connectivity index (χ0n) is 10.3. The highest BCUT2D eigenvalue weighted by molar-refractivity contribution is 7.16. The Bertz CT molecular complexity index is 528. The topological polar surface area (TPSA) is 29.9 Å². The van der Waals surface area contributed by atoms with Gasteiger partial charge in [0.1, 0.15) is 0 Å². The molecule has 1 saturated heterocycles.